The van der Waals surface area contributed by atoms with Gasteiger partial charge < -0.3 is 8.98 Å². The lowest BCUT2D eigenvalue weighted by Gasteiger charge is -2.30. The van der Waals surface area contributed by atoms with Gasteiger partial charge in [0.2, 0.25) is 11.8 Å². The normalized spacial score (nSPS) is 20.0. The van der Waals surface area contributed by atoms with Crippen LogP contribution in [-0.4, -0.2) is 43.0 Å². The Morgan fingerprint density at radius 2 is 1.84 bits per heavy atom. The van der Waals surface area contributed by atoms with Crippen molar-refractivity contribution in [2.24, 2.45) is 0 Å². The van der Waals surface area contributed by atoms with Crippen LogP contribution in [0.4, 0.5) is 0 Å². The van der Waals surface area contributed by atoms with Gasteiger partial charge in [-0.2, -0.15) is 0 Å². The van der Waals surface area contributed by atoms with Crippen LogP contribution in [0.15, 0.2) is 4.42 Å². The zero-order valence-electron chi connectivity index (χ0n) is 15.3. The topological polar surface area (TPSA) is 72.9 Å². The molecule has 7 nitrogen and oxygen atoms in total. The molecule has 0 amide bonds. The van der Waals surface area contributed by atoms with Gasteiger partial charge in [-0.25, -0.2) is 0 Å². The number of likely N-dealkylation sites (tertiary alicyclic amines) is 1. The molecule has 0 aromatic carbocycles. The van der Waals surface area contributed by atoms with E-state index in [9.17, 15) is 0 Å². The van der Waals surface area contributed by atoms with Crippen molar-refractivity contribution in [3.63, 3.8) is 0 Å². The number of aromatic nitrogens is 5. The Labute approximate surface area is 148 Å². The molecule has 0 unspecified atom stereocenters. The molecule has 1 saturated heterocycles. The minimum absolute atomic E-state index is 0.287. The van der Waals surface area contributed by atoms with Gasteiger partial charge in [0, 0.05) is 24.8 Å². The van der Waals surface area contributed by atoms with Crippen LogP contribution in [0.25, 0.3) is 0 Å². The van der Waals surface area contributed by atoms with E-state index in [0.717, 1.165) is 57.2 Å². The third-order valence-electron chi connectivity index (χ3n) is 5.43. The van der Waals surface area contributed by atoms with Crippen molar-refractivity contribution >= 4 is 0 Å². The molecule has 25 heavy (non-hydrogen) atoms. The summed E-state index contributed by atoms with van der Waals surface area (Å²) in [6.45, 7) is 8.09. The van der Waals surface area contributed by atoms with Gasteiger partial charge in [0.1, 0.15) is 11.6 Å². The summed E-state index contributed by atoms with van der Waals surface area (Å²) in [4.78, 5) is 2.41. The van der Waals surface area contributed by atoms with Crippen LogP contribution in [0.5, 0.6) is 0 Å². The summed E-state index contributed by atoms with van der Waals surface area (Å²) in [5.74, 6) is 4.70. The van der Waals surface area contributed by atoms with E-state index in [1.165, 1.54) is 30.9 Å². The van der Waals surface area contributed by atoms with Gasteiger partial charge in [0.25, 0.3) is 0 Å². The molecule has 1 fully saturated rings. The van der Waals surface area contributed by atoms with Crippen molar-refractivity contribution < 1.29 is 4.42 Å². The first-order chi connectivity index (χ1) is 12.2. The Bertz CT molecular complexity index is 698. The molecular formula is C18H28N6O. The van der Waals surface area contributed by atoms with E-state index in [2.05, 4.69) is 43.7 Å². The van der Waals surface area contributed by atoms with Crippen molar-refractivity contribution in [1.82, 2.24) is 29.9 Å². The highest BCUT2D eigenvalue weighted by Crippen LogP contribution is 2.29. The molecule has 2 aromatic rings. The fourth-order valence-corrected chi connectivity index (χ4v) is 3.91. The zero-order valence-corrected chi connectivity index (χ0v) is 15.3. The lowest BCUT2D eigenvalue weighted by Crippen LogP contribution is -2.33. The molecule has 0 bridgehead atoms. The van der Waals surface area contributed by atoms with E-state index < -0.39 is 0 Å². The number of hydrogen-bond donors (Lipinski definition) is 0. The number of fused-ring (bicyclic) bond motifs is 1. The number of nitrogens with zero attached hydrogens (tertiary/aromatic N) is 6. The van der Waals surface area contributed by atoms with Crippen molar-refractivity contribution in [2.75, 3.05) is 13.1 Å². The van der Waals surface area contributed by atoms with Crippen LogP contribution in [0.2, 0.25) is 0 Å². The summed E-state index contributed by atoms with van der Waals surface area (Å²) >= 11 is 0. The zero-order chi connectivity index (χ0) is 17.2. The van der Waals surface area contributed by atoms with Crippen LogP contribution in [0.1, 0.15) is 81.2 Å². The monoisotopic (exact) mass is 344 g/mol. The van der Waals surface area contributed by atoms with Gasteiger partial charge in [0.15, 0.2) is 0 Å². The molecule has 0 radical (unpaired) electrons. The lowest BCUT2D eigenvalue weighted by atomic mass is 9.96. The molecule has 4 rings (SSSR count). The highest BCUT2D eigenvalue weighted by molar-refractivity contribution is 5.05. The summed E-state index contributed by atoms with van der Waals surface area (Å²) in [6.07, 6.45) is 7.16. The SMILES string of the molecule is CC(C)c1nnc(CN2CCC(c3nnc4n3CCCCC4)CC2)o1. The van der Waals surface area contributed by atoms with E-state index >= 15 is 0 Å². The summed E-state index contributed by atoms with van der Waals surface area (Å²) in [5, 5.41) is 17.3. The van der Waals surface area contributed by atoms with E-state index in [1.54, 1.807) is 0 Å². The molecule has 0 N–H and O–H groups in total. The summed E-state index contributed by atoms with van der Waals surface area (Å²) < 4.78 is 8.15. The summed E-state index contributed by atoms with van der Waals surface area (Å²) in [7, 11) is 0. The number of rotatable bonds is 4. The quantitative estimate of drug-likeness (QED) is 0.849. The molecule has 2 aromatic heterocycles. The summed E-state index contributed by atoms with van der Waals surface area (Å²) in [6, 6.07) is 0. The fraction of sp³-hybridized carbons (Fsp3) is 0.778. The van der Waals surface area contributed by atoms with Crippen molar-refractivity contribution in [2.45, 2.75) is 77.3 Å². The molecule has 0 atom stereocenters. The minimum atomic E-state index is 0.287. The largest absolute Gasteiger partial charge is 0.424 e. The molecule has 0 saturated carbocycles. The van der Waals surface area contributed by atoms with Gasteiger partial charge in [-0.1, -0.05) is 20.3 Å². The maximum absolute atomic E-state index is 5.74. The summed E-state index contributed by atoms with van der Waals surface area (Å²) in [5.41, 5.74) is 0. The molecule has 4 heterocycles. The van der Waals surface area contributed by atoms with Gasteiger partial charge in [-0.3, -0.25) is 4.90 Å². The molecule has 2 aliphatic heterocycles. The molecule has 7 heteroatoms. The van der Waals surface area contributed by atoms with E-state index in [-0.39, 0.29) is 5.92 Å². The smallest absolute Gasteiger partial charge is 0.230 e. The maximum atomic E-state index is 5.74. The van der Waals surface area contributed by atoms with Crippen LogP contribution in [0, 0.1) is 0 Å². The number of piperidine rings is 1. The highest BCUT2D eigenvalue weighted by Gasteiger charge is 2.27. The predicted octanol–water partition coefficient (Wildman–Crippen LogP) is 2.89. The van der Waals surface area contributed by atoms with Gasteiger partial charge in [-0.05, 0) is 38.8 Å². The Balaban J connectivity index is 1.36. The second-order valence-corrected chi connectivity index (χ2v) is 7.68. The van der Waals surface area contributed by atoms with E-state index in [1.807, 2.05) is 0 Å². The second kappa shape index (κ2) is 7.23. The lowest BCUT2D eigenvalue weighted by molar-refractivity contribution is 0.182. The van der Waals surface area contributed by atoms with Gasteiger partial charge >= 0.3 is 0 Å². The standard InChI is InChI=1S/C18H28N6O/c1-13(2)18-22-20-16(25-18)12-23-10-7-14(8-11-23)17-21-19-15-6-4-3-5-9-24(15)17/h13-14H,3-12H2,1-2H3. The molecule has 0 aliphatic carbocycles. The van der Waals surface area contributed by atoms with Crippen LogP contribution in [0.3, 0.4) is 0 Å². The van der Waals surface area contributed by atoms with Gasteiger partial charge in [0.05, 0.1) is 6.54 Å². The first-order valence-electron chi connectivity index (χ1n) is 9.67. The van der Waals surface area contributed by atoms with Crippen molar-refractivity contribution in [1.29, 1.82) is 0 Å². The van der Waals surface area contributed by atoms with E-state index in [4.69, 9.17) is 4.42 Å². The van der Waals surface area contributed by atoms with Crippen LogP contribution in [-0.2, 0) is 19.5 Å². The average molecular weight is 344 g/mol. The Hall–Kier alpha value is -1.76. The Morgan fingerprint density at radius 3 is 2.60 bits per heavy atom. The Kier molecular flexibility index (Phi) is 4.83. The van der Waals surface area contributed by atoms with Crippen molar-refractivity contribution in [3.8, 4) is 0 Å². The predicted molar refractivity (Wildman–Crippen MR) is 93.2 cm³/mol. The third kappa shape index (κ3) is 3.61. The van der Waals surface area contributed by atoms with Crippen molar-refractivity contribution in [3.05, 3.63) is 23.4 Å². The average Bonchev–Trinajstić information content (AvgIpc) is 3.17. The van der Waals surface area contributed by atoms with Crippen LogP contribution < -0.4 is 0 Å². The maximum Gasteiger partial charge on any atom is 0.230 e. The molecule has 2 aliphatic rings. The first kappa shape index (κ1) is 16.7. The Morgan fingerprint density at radius 1 is 1.00 bits per heavy atom. The van der Waals surface area contributed by atoms with E-state index in [0.29, 0.717) is 5.92 Å². The highest BCUT2D eigenvalue weighted by atomic mass is 16.4. The number of aryl methyl sites for hydroxylation is 1. The first-order valence-corrected chi connectivity index (χ1v) is 9.67. The van der Waals surface area contributed by atoms with Crippen LogP contribution >= 0.6 is 0 Å². The minimum Gasteiger partial charge on any atom is -0.424 e. The van der Waals surface area contributed by atoms with Gasteiger partial charge in [-0.15, -0.1) is 20.4 Å². The second-order valence-electron chi connectivity index (χ2n) is 7.68. The third-order valence-corrected chi connectivity index (χ3v) is 5.43. The molecule has 0 spiro atoms. The molecular weight excluding hydrogens is 316 g/mol. The fourth-order valence-electron chi connectivity index (χ4n) is 3.91. The number of hydrogen-bond acceptors (Lipinski definition) is 6. The molecule has 136 valence electrons.